The highest BCUT2D eigenvalue weighted by atomic mass is 16.2. The van der Waals surface area contributed by atoms with Crippen LogP contribution in [0.3, 0.4) is 0 Å². The number of hydrogen-bond donors (Lipinski definition) is 0. The maximum absolute atomic E-state index is 13.0. The Morgan fingerprint density at radius 2 is 1.85 bits per heavy atom. The fourth-order valence-electron chi connectivity index (χ4n) is 4.39. The number of fused-ring (bicyclic) bond motifs is 3. The minimum Gasteiger partial charge on any atom is -0.339 e. The number of anilines is 1. The van der Waals surface area contributed by atoms with Gasteiger partial charge in [-0.2, -0.15) is 4.98 Å². The first-order valence-electron chi connectivity index (χ1n) is 9.45. The third kappa shape index (κ3) is 2.59. The van der Waals surface area contributed by atoms with Crippen molar-refractivity contribution in [3.8, 4) is 0 Å². The van der Waals surface area contributed by atoms with Crippen LogP contribution < -0.4 is 16.1 Å². The third-order valence-electron chi connectivity index (χ3n) is 5.65. The monoisotopic (exact) mass is 359 g/mol. The maximum Gasteiger partial charge on any atom is 0.332 e. The summed E-state index contributed by atoms with van der Waals surface area (Å²) in [5.41, 5.74) is -0.0544. The fraction of sp³-hybridized carbons (Fsp3) is 0.667. The maximum atomic E-state index is 13.0. The van der Waals surface area contributed by atoms with Crippen molar-refractivity contribution >= 4 is 22.9 Å². The van der Waals surface area contributed by atoms with Crippen molar-refractivity contribution in [2.24, 2.45) is 7.05 Å². The molecule has 8 nitrogen and oxygen atoms in total. The molecule has 0 aromatic carbocycles. The van der Waals surface area contributed by atoms with E-state index >= 15 is 0 Å². The van der Waals surface area contributed by atoms with Gasteiger partial charge in [-0.15, -0.1) is 0 Å². The second kappa shape index (κ2) is 6.41. The summed E-state index contributed by atoms with van der Waals surface area (Å²) >= 11 is 0. The minimum atomic E-state index is -0.489. The van der Waals surface area contributed by atoms with Gasteiger partial charge < -0.3 is 9.47 Å². The summed E-state index contributed by atoms with van der Waals surface area (Å²) in [6.45, 7) is 2.83. The number of carbonyl (C=O) groups is 1. The Hall–Kier alpha value is -2.38. The Labute approximate surface area is 151 Å². The molecular formula is C18H25N5O3. The normalized spacial score (nSPS) is 18.3. The molecule has 0 amide bonds. The Kier molecular flexibility index (Phi) is 4.20. The van der Waals surface area contributed by atoms with Crippen LogP contribution in [0.15, 0.2) is 9.59 Å². The SMILES string of the molecule is CC(=O)Cn1c(=O)c2c(nc3n2CCCN3C2CCCCC2)n(C)c1=O. The second-order valence-corrected chi connectivity index (χ2v) is 7.51. The molecule has 2 aromatic rings. The molecule has 0 N–H and O–H groups in total. The van der Waals surface area contributed by atoms with Crippen molar-refractivity contribution in [3.05, 3.63) is 20.8 Å². The predicted molar refractivity (Wildman–Crippen MR) is 98.8 cm³/mol. The molecule has 1 aliphatic carbocycles. The summed E-state index contributed by atoms with van der Waals surface area (Å²) in [7, 11) is 1.62. The molecule has 0 spiro atoms. The lowest BCUT2D eigenvalue weighted by Gasteiger charge is -2.37. The van der Waals surface area contributed by atoms with Gasteiger partial charge in [0.2, 0.25) is 5.95 Å². The zero-order valence-corrected chi connectivity index (χ0v) is 15.4. The standard InChI is InChI=1S/C18H25N5O3/c1-12(24)11-23-16(25)14-15(20(2)18(23)26)19-17-21(9-6-10-22(14)17)13-7-4-3-5-8-13/h13H,3-11H2,1-2H3. The number of ketones is 1. The quantitative estimate of drug-likeness (QED) is 0.817. The van der Waals surface area contributed by atoms with E-state index in [0.717, 1.165) is 36.3 Å². The topological polar surface area (TPSA) is 82.1 Å². The Morgan fingerprint density at radius 3 is 2.54 bits per heavy atom. The summed E-state index contributed by atoms with van der Waals surface area (Å²) in [6.07, 6.45) is 6.99. The zero-order valence-electron chi connectivity index (χ0n) is 15.4. The first-order valence-corrected chi connectivity index (χ1v) is 9.45. The Balaban J connectivity index is 1.91. The van der Waals surface area contributed by atoms with Crippen molar-refractivity contribution in [1.29, 1.82) is 0 Å². The van der Waals surface area contributed by atoms with Crippen molar-refractivity contribution in [3.63, 3.8) is 0 Å². The molecule has 1 fully saturated rings. The Bertz CT molecular complexity index is 977. The van der Waals surface area contributed by atoms with E-state index < -0.39 is 11.2 Å². The smallest absolute Gasteiger partial charge is 0.332 e. The van der Waals surface area contributed by atoms with Gasteiger partial charge in [-0.3, -0.25) is 18.7 Å². The first kappa shape index (κ1) is 17.1. The number of Topliss-reactive ketones (excluding diaryl/α,β-unsaturated/α-hetero) is 1. The molecule has 1 saturated carbocycles. The van der Waals surface area contributed by atoms with E-state index in [1.54, 1.807) is 7.05 Å². The third-order valence-corrected chi connectivity index (χ3v) is 5.65. The molecule has 26 heavy (non-hydrogen) atoms. The molecule has 2 aliphatic rings. The number of aromatic nitrogens is 4. The zero-order chi connectivity index (χ0) is 18.4. The summed E-state index contributed by atoms with van der Waals surface area (Å²) < 4.78 is 4.37. The van der Waals surface area contributed by atoms with Crippen LogP contribution in [0, 0.1) is 0 Å². The number of rotatable bonds is 3. The van der Waals surface area contributed by atoms with Crippen LogP contribution in [0.5, 0.6) is 0 Å². The van der Waals surface area contributed by atoms with E-state index in [-0.39, 0.29) is 12.3 Å². The van der Waals surface area contributed by atoms with Crippen molar-refractivity contribution in [1.82, 2.24) is 18.7 Å². The van der Waals surface area contributed by atoms with Crippen LogP contribution in [-0.4, -0.2) is 37.1 Å². The molecule has 0 bridgehead atoms. The van der Waals surface area contributed by atoms with Crippen LogP contribution in [0.25, 0.3) is 11.2 Å². The molecule has 4 rings (SSSR count). The van der Waals surface area contributed by atoms with Crippen LogP contribution in [0.2, 0.25) is 0 Å². The van der Waals surface area contributed by atoms with E-state index in [9.17, 15) is 14.4 Å². The Morgan fingerprint density at radius 1 is 1.12 bits per heavy atom. The van der Waals surface area contributed by atoms with E-state index in [2.05, 4.69) is 4.90 Å². The molecule has 0 atom stereocenters. The van der Waals surface area contributed by atoms with Crippen LogP contribution in [0.4, 0.5) is 5.95 Å². The molecule has 0 saturated heterocycles. The number of aryl methyl sites for hydroxylation is 2. The molecule has 2 aromatic heterocycles. The largest absolute Gasteiger partial charge is 0.339 e. The van der Waals surface area contributed by atoms with Gasteiger partial charge in [0.1, 0.15) is 5.78 Å². The molecule has 0 unspecified atom stereocenters. The van der Waals surface area contributed by atoms with Crippen molar-refractivity contribution in [2.75, 3.05) is 11.4 Å². The molecule has 1 aliphatic heterocycles. The van der Waals surface area contributed by atoms with Gasteiger partial charge in [0, 0.05) is 26.2 Å². The number of hydrogen-bond acceptors (Lipinski definition) is 5. The summed E-state index contributed by atoms with van der Waals surface area (Å²) in [6, 6.07) is 0.455. The number of nitrogens with zero attached hydrogens (tertiary/aromatic N) is 5. The average Bonchev–Trinajstić information content (AvgIpc) is 3.04. The average molecular weight is 359 g/mol. The predicted octanol–water partition coefficient (Wildman–Crippen LogP) is 1.03. The van der Waals surface area contributed by atoms with Crippen molar-refractivity contribution in [2.45, 2.75) is 64.6 Å². The molecule has 140 valence electrons. The highest BCUT2D eigenvalue weighted by Crippen LogP contribution is 2.31. The fourth-order valence-corrected chi connectivity index (χ4v) is 4.39. The van der Waals surface area contributed by atoms with Gasteiger partial charge in [0.15, 0.2) is 11.2 Å². The number of imidazole rings is 1. The van der Waals surface area contributed by atoms with Gasteiger partial charge in [0.05, 0.1) is 6.54 Å². The van der Waals surface area contributed by atoms with Gasteiger partial charge in [-0.05, 0) is 26.2 Å². The van der Waals surface area contributed by atoms with Crippen LogP contribution in [0.1, 0.15) is 45.4 Å². The van der Waals surface area contributed by atoms with Gasteiger partial charge in [-0.1, -0.05) is 19.3 Å². The van der Waals surface area contributed by atoms with E-state index in [1.165, 1.54) is 30.8 Å². The van der Waals surface area contributed by atoms with E-state index in [0.29, 0.717) is 23.8 Å². The van der Waals surface area contributed by atoms with E-state index in [1.807, 2.05) is 4.57 Å². The highest BCUT2D eigenvalue weighted by molar-refractivity contribution is 5.77. The van der Waals surface area contributed by atoms with Gasteiger partial charge >= 0.3 is 5.69 Å². The molecule has 0 radical (unpaired) electrons. The lowest BCUT2D eigenvalue weighted by Crippen LogP contribution is -2.43. The van der Waals surface area contributed by atoms with Crippen LogP contribution >= 0.6 is 0 Å². The summed E-state index contributed by atoms with van der Waals surface area (Å²) in [5.74, 6) is 0.580. The summed E-state index contributed by atoms with van der Waals surface area (Å²) in [5, 5.41) is 0. The van der Waals surface area contributed by atoms with Crippen molar-refractivity contribution < 1.29 is 4.79 Å². The molecular weight excluding hydrogens is 334 g/mol. The van der Waals surface area contributed by atoms with E-state index in [4.69, 9.17) is 4.98 Å². The van der Waals surface area contributed by atoms with Gasteiger partial charge in [-0.25, -0.2) is 4.79 Å². The molecule has 3 heterocycles. The number of carbonyl (C=O) groups excluding carboxylic acids is 1. The van der Waals surface area contributed by atoms with Crippen LogP contribution in [-0.2, 0) is 24.9 Å². The molecule has 8 heteroatoms. The minimum absolute atomic E-state index is 0.200. The van der Waals surface area contributed by atoms with Gasteiger partial charge in [0.25, 0.3) is 5.56 Å². The lowest BCUT2D eigenvalue weighted by atomic mass is 9.94. The lowest BCUT2D eigenvalue weighted by molar-refractivity contribution is -0.117. The second-order valence-electron chi connectivity index (χ2n) is 7.51. The first-order chi connectivity index (χ1) is 12.5. The highest BCUT2D eigenvalue weighted by Gasteiger charge is 2.30. The summed E-state index contributed by atoms with van der Waals surface area (Å²) in [4.78, 5) is 44.1.